The van der Waals surface area contributed by atoms with Gasteiger partial charge < -0.3 is 10.5 Å². The maximum Gasteiger partial charge on any atom is 0.387 e. The van der Waals surface area contributed by atoms with E-state index in [1.165, 1.54) is 6.42 Å². The summed E-state index contributed by atoms with van der Waals surface area (Å²) in [7, 11) is 0. The lowest BCUT2D eigenvalue weighted by atomic mass is 9.69. The maximum absolute atomic E-state index is 12.4. The third-order valence-electron chi connectivity index (χ3n) is 4.22. The SMILES string of the molecule is Cc1ccc(C2(CN)CCCCC2)cc1OC(F)F. The molecule has 1 aromatic rings. The van der Waals surface area contributed by atoms with Crippen LogP contribution in [0.15, 0.2) is 18.2 Å². The average Bonchev–Trinajstić information content (AvgIpc) is 2.41. The molecule has 1 saturated carbocycles. The van der Waals surface area contributed by atoms with Crippen molar-refractivity contribution in [3.8, 4) is 5.75 Å². The van der Waals surface area contributed by atoms with E-state index < -0.39 is 6.61 Å². The highest BCUT2D eigenvalue weighted by atomic mass is 19.3. The Labute approximate surface area is 112 Å². The zero-order chi connectivity index (χ0) is 13.9. The van der Waals surface area contributed by atoms with E-state index in [1.54, 1.807) is 13.0 Å². The van der Waals surface area contributed by atoms with Gasteiger partial charge in [-0.3, -0.25) is 0 Å². The fourth-order valence-corrected chi connectivity index (χ4v) is 2.99. The molecule has 0 heterocycles. The molecule has 106 valence electrons. The number of ether oxygens (including phenoxy) is 1. The monoisotopic (exact) mass is 269 g/mol. The molecule has 0 bridgehead atoms. The van der Waals surface area contributed by atoms with Crippen LogP contribution in [0, 0.1) is 6.92 Å². The number of nitrogens with two attached hydrogens (primary N) is 1. The Morgan fingerprint density at radius 2 is 1.95 bits per heavy atom. The van der Waals surface area contributed by atoms with Crippen molar-refractivity contribution in [3.05, 3.63) is 29.3 Å². The van der Waals surface area contributed by atoms with Gasteiger partial charge in [-0.15, -0.1) is 0 Å². The standard InChI is InChI=1S/C15H21F2NO/c1-11-5-6-12(9-13(11)19-14(16)17)15(10-18)7-3-2-4-8-15/h5-6,9,14H,2-4,7-8,10,18H2,1H3. The number of aryl methyl sites for hydroxylation is 1. The third kappa shape index (κ3) is 3.06. The van der Waals surface area contributed by atoms with E-state index >= 15 is 0 Å². The topological polar surface area (TPSA) is 35.2 Å². The van der Waals surface area contributed by atoms with Crippen molar-refractivity contribution < 1.29 is 13.5 Å². The first kappa shape index (κ1) is 14.3. The van der Waals surface area contributed by atoms with Crippen LogP contribution in [0.25, 0.3) is 0 Å². The first-order valence-corrected chi connectivity index (χ1v) is 6.83. The van der Waals surface area contributed by atoms with Gasteiger partial charge in [-0.25, -0.2) is 0 Å². The molecule has 0 radical (unpaired) electrons. The van der Waals surface area contributed by atoms with Crippen molar-refractivity contribution in [1.29, 1.82) is 0 Å². The van der Waals surface area contributed by atoms with E-state index in [2.05, 4.69) is 4.74 Å². The van der Waals surface area contributed by atoms with Crippen LogP contribution < -0.4 is 10.5 Å². The van der Waals surface area contributed by atoms with Crippen molar-refractivity contribution in [1.82, 2.24) is 0 Å². The second-order valence-electron chi connectivity index (χ2n) is 5.40. The Morgan fingerprint density at radius 3 is 2.53 bits per heavy atom. The molecule has 1 fully saturated rings. The van der Waals surface area contributed by atoms with E-state index in [-0.39, 0.29) is 11.2 Å². The van der Waals surface area contributed by atoms with Crippen LogP contribution in [-0.4, -0.2) is 13.2 Å². The van der Waals surface area contributed by atoms with Gasteiger partial charge in [0.05, 0.1) is 0 Å². The molecule has 0 atom stereocenters. The van der Waals surface area contributed by atoms with Gasteiger partial charge in [0.1, 0.15) is 5.75 Å². The van der Waals surface area contributed by atoms with E-state index in [0.717, 1.165) is 36.8 Å². The highest BCUT2D eigenvalue weighted by molar-refractivity contribution is 5.40. The molecule has 0 aromatic heterocycles. The number of benzene rings is 1. The van der Waals surface area contributed by atoms with Gasteiger partial charge in [-0.05, 0) is 37.0 Å². The lowest BCUT2D eigenvalue weighted by molar-refractivity contribution is -0.0503. The van der Waals surface area contributed by atoms with Crippen LogP contribution >= 0.6 is 0 Å². The summed E-state index contributed by atoms with van der Waals surface area (Å²) in [5, 5.41) is 0. The minimum atomic E-state index is -2.78. The number of alkyl halides is 2. The molecule has 1 aliphatic rings. The van der Waals surface area contributed by atoms with Crippen LogP contribution in [0.1, 0.15) is 43.2 Å². The normalized spacial score (nSPS) is 18.6. The molecule has 4 heteroatoms. The predicted molar refractivity (Wildman–Crippen MR) is 71.6 cm³/mol. The molecule has 1 aromatic carbocycles. The second-order valence-corrected chi connectivity index (χ2v) is 5.40. The highest BCUT2D eigenvalue weighted by Gasteiger charge is 2.33. The summed E-state index contributed by atoms with van der Waals surface area (Å²) >= 11 is 0. The molecule has 0 spiro atoms. The summed E-state index contributed by atoms with van der Waals surface area (Å²) in [6.07, 6.45) is 5.58. The van der Waals surface area contributed by atoms with Gasteiger partial charge in [0.25, 0.3) is 0 Å². The molecule has 2 rings (SSSR count). The molecule has 0 amide bonds. The van der Waals surface area contributed by atoms with Gasteiger partial charge in [0, 0.05) is 12.0 Å². The largest absolute Gasteiger partial charge is 0.435 e. The van der Waals surface area contributed by atoms with Crippen molar-refractivity contribution in [2.75, 3.05) is 6.54 Å². The van der Waals surface area contributed by atoms with Crippen LogP contribution in [0.2, 0.25) is 0 Å². The number of halogens is 2. The van der Waals surface area contributed by atoms with Gasteiger partial charge >= 0.3 is 6.61 Å². The number of rotatable bonds is 4. The lowest BCUT2D eigenvalue weighted by Gasteiger charge is -2.37. The zero-order valence-corrected chi connectivity index (χ0v) is 11.3. The quantitative estimate of drug-likeness (QED) is 0.903. The molecular weight excluding hydrogens is 248 g/mol. The summed E-state index contributed by atoms with van der Waals surface area (Å²) in [5.41, 5.74) is 7.67. The minimum absolute atomic E-state index is 0.0633. The molecular formula is C15H21F2NO. The van der Waals surface area contributed by atoms with Crippen molar-refractivity contribution in [2.24, 2.45) is 5.73 Å². The van der Waals surface area contributed by atoms with Crippen LogP contribution in [0.5, 0.6) is 5.75 Å². The summed E-state index contributed by atoms with van der Waals surface area (Å²) in [6, 6.07) is 5.60. The molecule has 0 aliphatic heterocycles. The Morgan fingerprint density at radius 1 is 1.26 bits per heavy atom. The Hall–Kier alpha value is -1.16. The average molecular weight is 269 g/mol. The molecule has 0 unspecified atom stereocenters. The minimum Gasteiger partial charge on any atom is -0.435 e. The smallest absolute Gasteiger partial charge is 0.387 e. The van der Waals surface area contributed by atoms with Crippen LogP contribution in [0.3, 0.4) is 0 Å². The van der Waals surface area contributed by atoms with Crippen molar-refractivity contribution in [3.63, 3.8) is 0 Å². The fourth-order valence-electron chi connectivity index (χ4n) is 2.99. The fraction of sp³-hybridized carbons (Fsp3) is 0.600. The maximum atomic E-state index is 12.4. The van der Waals surface area contributed by atoms with Crippen molar-refractivity contribution >= 4 is 0 Å². The van der Waals surface area contributed by atoms with Crippen molar-refractivity contribution in [2.45, 2.75) is 51.1 Å². The van der Waals surface area contributed by atoms with Gasteiger partial charge in [0.15, 0.2) is 0 Å². The molecule has 19 heavy (non-hydrogen) atoms. The third-order valence-corrected chi connectivity index (χ3v) is 4.22. The van der Waals surface area contributed by atoms with E-state index in [4.69, 9.17) is 5.73 Å². The summed E-state index contributed by atoms with van der Waals surface area (Å²) in [6.45, 7) is -0.448. The Balaban J connectivity index is 2.32. The zero-order valence-electron chi connectivity index (χ0n) is 11.3. The van der Waals surface area contributed by atoms with E-state index in [0.29, 0.717) is 6.54 Å². The molecule has 2 nitrogen and oxygen atoms in total. The first-order chi connectivity index (χ1) is 9.07. The number of hydrogen-bond donors (Lipinski definition) is 1. The molecule has 0 saturated heterocycles. The Kier molecular flexibility index (Phi) is 4.40. The highest BCUT2D eigenvalue weighted by Crippen LogP contribution is 2.40. The van der Waals surface area contributed by atoms with E-state index in [1.807, 2.05) is 12.1 Å². The Bertz CT molecular complexity index is 428. The van der Waals surface area contributed by atoms with Gasteiger partial charge in [-0.2, -0.15) is 8.78 Å². The summed E-state index contributed by atoms with van der Waals surface area (Å²) < 4.78 is 29.4. The first-order valence-electron chi connectivity index (χ1n) is 6.83. The predicted octanol–water partition coefficient (Wildman–Crippen LogP) is 3.76. The summed E-state index contributed by atoms with van der Waals surface area (Å²) in [4.78, 5) is 0. The summed E-state index contributed by atoms with van der Waals surface area (Å²) in [5.74, 6) is 0.269. The van der Waals surface area contributed by atoms with Crippen LogP contribution in [-0.2, 0) is 5.41 Å². The lowest BCUT2D eigenvalue weighted by Crippen LogP contribution is -2.37. The van der Waals surface area contributed by atoms with Gasteiger partial charge in [-0.1, -0.05) is 31.4 Å². The second kappa shape index (κ2) is 5.87. The van der Waals surface area contributed by atoms with E-state index in [9.17, 15) is 8.78 Å². The molecule has 2 N–H and O–H groups in total. The number of hydrogen-bond acceptors (Lipinski definition) is 2. The molecule has 1 aliphatic carbocycles. The van der Waals surface area contributed by atoms with Gasteiger partial charge in [0.2, 0.25) is 0 Å². The van der Waals surface area contributed by atoms with Crippen LogP contribution in [0.4, 0.5) is 8.78 Å².